The van der Waals surface area contributed by atoms with Crippen LogP contribution in [0, 0.1) is 0 Å². The maximum Gasteiger partial charge on any atom is 0.273 e. The van der Waals surface area contributed by atoms with E-state index >= 15 is 0 Å². The Morgan fingerprint density at radius 2 is 1.64 bits per heavy atom. The zero-order valence-corrected chi connectivity index (χ0v) is 26.2. The lowest BCUT2D eigenvalue weighted by atomic mass is 9.87. The van der Waals surface area contributed by atoms with E-state index in [0.29, 0.717) is 18.8 Å². The second-order valence-electron chi connectivity index (χ2n) is 12.0. The van der Waals surface area contributed by atoms with Gasteiger partial charge in [0.1, 0.15) is 10.7 Å². The van der Waals surface area contributed by atoms with Crippen LogP contribution in [0.3, 0.4) is 0 Å². The van der Waals surface area contributed by atoms with Crippen LogP contribution in [-0.4, -0.2) is 48.0 Å². The summed E-state index contributed by atoms with van der Waals surface area (Å²) in [4.78, 5) is 22.5. The Labute approximate surface area is 253 Å². The van der Waals surface area contributed by atoms with Crippen molar-refractivity contribution in [1.29, 1.82) is 0 Å². The first-order valence-corrected chi connectivity index (χ1v) is 15.4. The van der Waals surface area contributed by atoms with Crippen molar-refractivity contribution in [1.82, 2.24) is 14.8 Å². The second-order valence-corrected chi connectivity index (χ2v) is 12.9. The monoisotopic (exact) mass is 583 g/mol. The number of hydrogen-bond donors (Lipinski definition) is 0. The van der Waals surface area contributed by atoms with Gasteiger partial charge in [0.25, 0.3) is 5.91 Å². The number of thiazole rings is 1. The molecule has 0 N–H and O–H groups in total. The van der Waals surface area contributed by atoms with Gasteiger partial charge in [-0.05, 0) is 58.2 Å². The lowest BCUT2D eigenvalue weighted by Gasteiger charge is -2.28. The highest BCUT2D eigenvalue weighted by Crippen LogP contribution is 2.28. The Bertz CT molecular complexity index is 1510. The van der Waals surface area contributed by atoms with E-state index in [1.54, 1.807) is 25.6 Å². The first-order chi connectivity index (χ1) is 20.2. The van der Waals surface area contributed by atoms with Gasteiger partial charge in [-0.3, -0.25) is 9.69 Å². The van der Waals surface area contributed by atoms with Crippen molar-refractivity contribution in [3.63, 3.8) is 0 Å². The van der Waals surface area contributed by atoms with Crippen molar-refractivity contribution in [2.75, 3.05) is 27.3 Å². The number of carbonyl (C=O) groups excluding carboxylic acids is 1. The van der Waals surface area contributed by atoms with Gasteiger partial charge in [-0.25, -0.2) is 4.98 Å². The number of benzene rings is 3. The van der Waals surface area contributed by atoms with Gasteiger partial charge in [-0.1, -0.05) is 75.4 Å². The lowest BCUT2D eigenvalue weighted by molar-refractivity contribution is 0.0729. The number of amides is 1. The molecule has 0 saturated carbocycles. The van der Waals surface area contributed by atoms with E-state index in [4.69, 9.17) is 14.5 Å². The molecule has 0 bridgehead atoms. The van der Waals surface area contributed by atoms with Crippen LogP contribution in [0.15, 0.2) is 72.1 Å². The predicted octanol–water partition coefficient (Wildman–Crippen LogP) is 6.90. The van der Waals surface area contributed by atoms with Crippen LogP contribution < -0.4 is 9.47 Å². The number of fused-ring (bicyclic) bond motifs is 1. The summed E-state index contributed by atoms with van der Waals surface area (Å²) in [5, 5.41) is 2.87. The zero-order valence-electron chi connectivity index (χ0n) is 25.4. The number of methoxy groups -OCH3 is 2. The van der Waals surface area contributed by atoms with Gasteiger partial charge in [-0.2, -0.15) is 0 Å². The van der Waals surface area contributed by atoms with Crippen LogP contribution in [0.4, 0.5) is 0 Å². The molecule has 4 aromatic rings. The Morgan fingerprint density at radius 3 is 2.36 bits per heavy atom. The third-order valence-corrected chi connectivity index (χ3v) is 8.77. The van der Waals surface area contributed by atoms with Crippen molar-refractivity contribution in [3.05, 3.63) is 111 Å². The first-order valence-electron chi connectivity index (χ1n) is 14.6. The van der Waals surface area contributed by atoms with Crippen molar-refractivity contribution >= 4 is 17.2 Å². The average Bonchev–Trinajstić information content (AvgIpc) is 3.47. The van der Waals surface area contributed by atoms with E-state index in [2.05, 4.69) is 74.2 Å². The highest BCUT2D eigenvalue weighted by atomic mass is 32.1. The van der Waals surface area contributed by atoms with Crippen LogP contribution in [0.5, 0.6) is 11.5 Å². The standard InChI is InChI=1S/C35H41N3O3S/c1-35(2,3)29-13-10-26(11-14-29)21-37(18-16-25-12-15-31(40-4)32(20-25)41-5)23-33-36-30(24-42-33)34(39)38-19-17-27-8-6-7-9-28(27)22-38/h6-15,20,24H,16-19,21-23H2,1-5H3. The maximum absolute atomic E-state index is 13.4. The van der Waals surface area contributed by atoms with Crippen molar-refractivity contribution in [3.8, 4) is 11.5 Å². The predicted molar refractivity (Wildman–Crippen MR) is 170 cm³/mol. The fourth-order valence-electron chi connectivity index (χ4n) is 5.41. The minimum Gasteiger partial charge on any atom is -0.493 e. The van der Waals surface area contributed by atoms with Crippen LogP contribution in [0.1, 0.15) is 64.1 Å². The molecule has 0 spiro atoms. The van der Waals surface area contributed by atoms with E-state index in [9.17, 15) is 4.79 Å². The van der Waals surface area contributed by atoms with Crippen molar-refractivity contribution in [2.45, 2.75) is 58.7 Å². The van der Waals surface area contributed by atoms with Gasteiger partial charge < -0.3 is 14.4 Å². The molecule has 6 nitrogen and oxygen atoms in total. The summed E-state index contributed by atoms with van der Waals surface area (Å²) < 4.78 is 10.9. The van der Waals surface area contributed by atoms with Gasteiger partial charge in [0.05, 0.1) is 20.8 Å². The summed E-state index contributed by atoms with van der Waals surface area (Å²) in [5.74, 6) is 1.48. The summed E-state index contributed by atoms with van der Waals surface area (Å²) in [6.45, 7) is 10.4. The van der Waals surface area contributed by atoms with Gasteiger partial charge in [-0.15, -0.1) is 11.3 Å². The molecule has 5 rings (SSSR count). The third kappa shape index (κ3) is 7.20. The Morgan fingerprint density at radius 1 is 0.929 bits per heavy atom. The molecule has 1 aliphatic rings. The highest BCUT2D eigenvalue weighted by Gasteiger charge is 2.24. The van der Waals surface area contributed by atoms with Gasteiger partial charge in [0.2, 0.25) is 0 Å². The number of ether oxygens (including phenoxy) is 2. The van der Waals surface area contributed by atoms with Crippen LogP contribution >= 0.6 is 11.3 Å². The average molecular weight is 584 g/mol. The Balaban J connectivity index is 1.30. The Kier molecular flexibility index (Phi) is 9.29. The van der Waals surface area contributed by atoms with E-state index in [0.717, 1.165) is 49.0 Å². The smallest absolute Gasteiger partial charge is 0.273 e. The molecule has 0 saturated heterocycles. The van der Waals surface area contributed by atoms with E-state index in [-0.39, 0.29) is 11.3 Å². The summed E-state index contributed by atoms with van der Waals surface area (Å²) in [5.41, 5.74) is 6.99. The lowest BCUT2D eigenvalue weighted by Crippen LogP contribution is -2.36. The maximum atomic E-state index is 13.4. The molecular weight excluding hydrogens is 542 g/mol. The molecule has 2 heterocycles. The highest BCUT2D eigenvalue weighted by molar-refractivity contribution is 7.09. The zero-order chi connectivity index (χ0) is 29.7. The fraction of sp³-hybridized carbons (Fsp3) is 0.371. The van der Waals surface area contributed by atoms with Crippen molar-refractivity contribution < 1.29 is 14.3 Å². The number of nitrogens with zero attached hydrogens (tertiary/aromatic N) is 3. The molecule has 0 atom stereocenters. The molecule has 1 amide bonds. The molecule has 220 valence electrons. The second kappa shape index (κ2) is 13.1. The summed E-state index contributed by atoms with van der Waals surface area (Å²) >= 11 is 1.57. The molecule has 0 aliphatic carbocycles. The van der Waals surface area contributed by atoms with Crippen molar-refractivity contribution in [2.24, 2.45) is 0 Å². The molecule has 0 fully saturated rings. The van der Waals surface area contributed by atoms with Crippen LogP contribution in [0.2, 0.25) is 0 Å². The summed E-state index contributed by atoms with van der Waals surface area (Å²) in [6, 6.07) is 23.4. The summed E-state index contributed by atoms with van der Waals surface area (Å²) in [6.07, 6.45) is 1.74. The third-order valence-electron chi connectivity index (χ3n) is 7.94. The SMILES string of the molecule is COc1ccc(CCN(Cc2ccc(C(C)(C)C)cc2)Cc2nc(C(=O)N3CCc4ccccc4C3)cs2)cc1OC. The van der Waals surface area contributed by atoms with Gasteiger partial charge in [0.15, 0.2) is 11.5 Å². The molecule has 1 aromatic heterocycles. The quantitative estimate of drug-likeness (QED) is 0.203. The molecule has 3 aromatic carbocycles. The molecule has 0 unspecified atom stereocenters. The molecular formula is C35H41N3O3S. The molecule has 42 heavy (non-hydrogen) atoms. The number of carbonyl (C=O) groups is 1. The molecule has 1 aliphatic heterocycles. The molecule has 0 radical (unpaired) electrons. The van der Waals surface area contributed by atoms with E-state index in [1.165, 1.54) is 27.8 Å². The first kappa shape index (κ1) is 29.8. The topological polar surface area (TPSA) is 54.9 Å². The van der Waals surface area contributed by atoms with Crippen LogP contribution in [0.25, 0.3) is 0 Å². The van der Waals surface area contributed by atoms with Gasteiger partial charge >= 0.3 is 0 Å². The van der Waals surface area contributed by atoms with E-state index < -0.39 is 0 Å². The minimum atomic E-state index is 0.0154. The number of rotatable bonds is 10. The minimum absolute atomic E-state index is 0.0154. The normalized spacial score (nSPS) is 13.2. The van der Waals surface area contributed by atoms with Gasteiger partial charge in [0, 0.05) is 31.6 Å². The Hall–Kier alpha value is -3.68. The fourth-order valence-corrected chi connectivity index (χ4v) is 6.22. The number of aromatic nitrogens is 1. The molecule has 7 heteroatoms. The van der Waals surface area contributed by atoms with E-state index in [1.807, 2.05) is 28.5 Å². The number of hydrogen-bond acceptors (Lipinski definition) is 6. The largest absolute Gasteiger partial charge is 0.493 e. The van der Waals surface area contributed by atoms with Crippen LogP contribution in [-0.2, 0) is 37.9 Å². The summed E-state index contributed by atoms with van der Waals surface area (Å²) in [7, 11) is 3.32.